The van der Waals surface area contributed by atoms with Gasteiger partial charge in [-0.25, -0.2) is 4.99 Å². The molecule has 0 saturated carbocycles. The summed E-state index contributed by atoms with van der Waals surface area (Å²) in [6.45, 7) is 7.96. The molecule has 1 N–H and O–H groups in total. The summed E-state index contributed by atoms with van der Waals surface area (Å²) in [5.41, 5.74) is 3.13. The zero-order valence-corrected chi connectivity index (χ0v) is 17.1. The maximum atomic E-state index is 8.86. The first-order valence-corrected chi connectivity index (χ1v) is 9.31. The smallest absolute Gasteiger partial charge is 0.199 e. The molecule has 4 nitrogen and oxygen atoms in total. The minimum absolute atomic E-state index is 0.231. The number of ether oxygens (including phenoxy) is 2. The minimum Gasteiger partial charge on any atom is -0.508 e. The molecule has 3 aromatic rings. The van der Waals surface area contributed by atoms with Crippen molar-refractivity contribution in [1.29, 1.82) is 0 Å². The van der Waals surface area contributed by atoms with E-state index in [1.54, 1.807) is 31.4 Å². The second-order valence-corrected chi connectivity index (χ2v) is 6.59. The Morgan fingerprint density at radius 2 is 1.59 bits per heavy atom. The summed E-state index contributed by atoms with van der Waals surface area (Å²) in [5, 5.41) is 8.86. The Balaban J connectivity index is 0.000000278. The number of aromatic hydroxyl groups is 1. The summed E-state index contributed by atoms with van der Waals surface area (Å²) in [4.78, 5) is 4.57. The number of aryl methyl sites for hydroxylation is 1. The summed E-state index contributed by atoms with van der Waals surface area (Å²) in [7, 11) is 1.56. The predicted octanol–water partition coefficient (Wildman–Crippen LogP) is 6.47. The van der Waals surface area contributed by atoms with E-state index in [0.29, 0.717) is 18.1 Å². The Morgan fingerprint density at radius 3 is 2.14 bits per heavy atom. The largest absolute Gasteiger partial charge is 0.508 e. The Morgan fingerprint density at radius 1 is 0.931 bits per heavy atom. The highest BCUT2D eigenvalue weighted by Crippen LogP contribution is 2.18. The molecule has 0 fully saturated rings. The van der Waals surface area contributed by atoms with Gasteiger partial charge in [-0.1, -0.05) is 54.1 Å². The number of rotatable bonds is 5. The lowest BCUT2D eigenvalue weighted by atomic mass is 10.2. The van der Waals surface area contributed by atoms with Gasteiger partial charge in [0.1, 0.15) is 17.2 Å². The third-order valence-corrected chi connectivity index (χ3v) is 3.77. The van der Waals surface area contributed by atoms with Gasteiger partial charge in [0.05, 0.1) is 12.8 Å². The number of para-hydroxylation sites is 1. The molecule has 0 spiro atoms. The minimum atomic E-state index is 0.231. The van der Waals surface area contributed by atoms with Crippen LogP contribution >= 0.6 is 0 Å². The van der Waals surface area contributed by atoms with Crippen molar-refractivity contribution < 1.29 is 14.6 Å². The number of methoxy groups -OCH3 is 1. The van der Waals surface area contributed by atoms with E-state index in [1.807, 2.05) is 61.5 Å². The lowest BCUT2D eigenvalue weighted by Crippen LogP contribution is -2.08. The molecular weight excluding hydrogens is 362 g/mol. The molecule has 0 unspecified atom stereocenters. The number of hydrogen-bond donors (Lipinski definition) is 1. The Bertz CT molecular complexity index is 932. The highest BCUT2D eigenvalue weighted by Gasteiger charge is 2.04. The molecule has 0 aliphatic heterocycles. The van der Waals surface area contributed by atoms with E-state index in [2.05, 4.69) is 18.5 Å². The molecule has 0 saturated heterocycles. The first-order chi connectivity index (χ1) is 14.0. The van der Waals surface area contributed by atoms with E-state index in [-0.39, 0.29) is 5.75 Å². The lowest BCUT2D eigenvalue weighted by Gasteiger charge is -2.09. The van der Waals surface area contributed by atoms with E-state index in [1.165, 1.54) is 5.56 Å². The molecule has 3 rings (SSSR count). The van der Waals surface area contributed by atoms with Gasteiger partial charge in [0.15, 0.2) is 5.90 Å². The van der Waals surface area contributed by atoms with E-state index in [0.717, 1.165) is 17.0 Å². The normalized spacial score (nSPS) is 10.5. The quantitative estimate of drug-likeness (QED) is 0.309. The molecule has 150 valence electrons. The summed E-state index contributed by atoms with van der Waals surface area (Å²) in [6, 6.07) is 24.4. The third-order valence-electron chi connectivity index (χ3n) is 3.77. The molecule has 0 radical (unpaired) electrons. The van der Waals surface area contributed by atoms with Crippen molar-refractivity contribution >= 4 is 11.6 Å². The number of benzene rings is 3. The maximum Gasteiger partial charge on any atom is 0.199 e. The fourth-order valence-corrected chi connectivity index (χ4v) is 2.35. The van der Waals surface area contributed by atoms with Gasteiger partial charge in [0.2, 0.25) is 0 Å². The van der Waals surface area contributed by atoms with Crippen LogP contribution in [-0.2, 0) is 0 Å². The summed E-state index contributed by atoms with van der Waals surface area (Å²) in [6.07, 6.45) is 0.628. The van der Waals surface area contributed by atoms with E-state index in [4.69, 9.17) is 14.6 Å². The van der Waals surface area contributed by atoms with Crippen LogP contribution in [0.2, 0.25) is 0 Å². The van der Waals surface area contributed by atoms with Crippen molar-refractivity contribution in [3.63, 3.8) is 0 Å². The van der Waals surface area contributed by atoms with Gasteiger partial charge in [-0.3, -0.25) is 0 Å². The fourth-order valence-electron chi connectivity index (χ4n) is 2.35. The van der Waals surface area contributed by atoms with Crippen LogP contribution in [0.4, 0.5) is 5.69 Å². The maximum absolute atomic E-state index is 8.86. The highest BCUT2D eigenvalue weighted by atomic mass is 16.5. The van der Waals surface area contributed by atoms with Crippen LogP contribution in [0.5, 0.6) is 17.2 Å². The molecule has 0 aliphatic carbocycles. The number of nitrogens with zero attached hydrogens (tertiary/aromatic N) is 1. The van der Waals surface area contributed by atoms with Gasteiger partial charge in [0.25, 0.3) is 0 Å². The average Bonchev–Trinajstić information content (AvgIpc) is 2.70. The topological polar surface area (TPSA) is 51.0 Å². The van der Waals surface area contributed by atoms with Crippen LogP contribution in [0, 0.1) is 6.92 Å². The van der Waals surface area contributed by atoms with E-state index < -0.39 is 0 Å². The van der Waals surface area contributed by atoms with Crippen molar-refractivity contribution in [2.45, 2.75) is 20.3 Å². The van der Waals surface area contributed by atoms with Gasteiger partial charge in [-0.2, -0.15) is 0 Å². The second kappa shape index (κ2) is 11.3. The second-order valence-electron chi connectivity index (χ2n) is 6.59. The molecule has 0 atom stereocenters. The van der Waals surface area contributed by atoms with Crippen molar-refractivity contribution in [3.8, 4) is 17.2 Å². The molecule has 0 bridgehead atoms. The van der Waals surface area contributed by atoms with Crippen LogP contribution < -0.4 is 9.47 Å². The lowest BCUT2D eigenvalue weighted by molar-refractivity contribution is 0.407. The van der Waals surface area contributed by atoms with Gasteiger partial charge in [0, 0.05) is 12.5 Å². The standard InChI is InChI=1S/C18H19NO.C7H8O2/c1-14(2)13-18(20-17-7-5-4-6-8-17)19-16-11-9-15(3)10-12-16;1-9-7-4-2-3-6(8)5-7/h4-12H,1,13H2,2-3H3;2-5,8H,1H3. The SMILES string of the molecule is C=C(C)CC(=Nc1ccc(C)cc1)Oc1ccccc1.COc1cccc(O)c1. The Hall–Kier alpha value is -3.53. The molecule has 3 aromatic carbocycles. The molecular formula is C25H27NO3. The highest BCUT2D eigenvalue weighted by molar-refractivity contribution is 5.83. The Labute approximate surface area is 172 Å². The van der Waals surface area contributed by atoms with Crippen molar-refractivity contribution in [1.82, 2.24) is 0 Å². The molecule has 4 heteroatoms. The van der Waals surface area contributed by atoms with Gasteiger partial charge in [-0.05, 0) is 50.2 Å². The Kier molecular flexibility index (Phi) is 8.51. The predicted molar refractivity (Wildman–Crippen MR) is 119 cm³/mol. The fraction of sp³-hybridized carbons (Fsp3) is 0.160. The summed E-state index contributed by atoms with van der Waals surface area (Å²) >= 11 is 0. The van der Waals surface area contributed by atoms with E-state index >= 15 is 0 Å². The zero-order chi connectivity index (χ0) is 21.1. The molecule has 29 heavy (non-hydrogen) atoms. The van der Waals surface area contributed by atoms with Crippen LogP contribution in [0.15, 0.2) is 96.0 Å². The first-order valence-electron chi connectivity index (χ1n) is 9.31. The average molecular weight is 389 g/mol. The number of phenolic OH excluding ortho intramolecular Hbond substituents is 1. The molecule has 0 amide bonds. The zero-order valence-electron chi connectivity index (χ0n) is 17.1. The van der Waals surface area contributed by atoms with Gasteiger partial charge >= 0.3 is 0 Å². The van der Waals surface area contributed by atoms with Crippen LogP contribution in [0.3, 0.4) is 0 Å². The molecule has 0 heterocycles. The number of aliphatic imine (C=N–C) groups is 1. The van der Waals surface area contributed by atoms with Crippen LogP contribution in [0.1, 0.15) is 18.9 Å². The first kappa shape index (κ1) is 21.8. The third kappa shape index (κ3) is 8.35. The van der Waals surface area contributed by atoms with Crippen molar-refractivity contribution in [3.05, 3.63) is 96.6 Å². The number of phenols is 1. The van der Waals surface area contributed by atoms with Crippen LogP contribution in [0.25, 0.3) is 0 Å². The molecule has 0 aromatic heterocycles. The summed E-state index contributed by atoms with van der Waals surface area (Å²) < 4.78 is 10.7. The van der Waals surface area contributed by atoms with Crippen molar-refractivity contribution in [2.75, 3.05) is 7.11 Å². The van der Waals surface area contributed by atoms with E-state index in [9.17, 15) is 0 Å². The number of hydrogen-bond acceptors (Lipinski definition) is 4. The van der Waals surface area contributed by atoms with Crippen LogP contribution in [-0.4, -0.2) is 18.1 Å². The molecule has 0 aliphatic rings. The van der Waals surface area contributed by atoms with Gasteiger partial charge < -0.3 is 14.6 Å². The van der Waals surface area contributed by atoms with Gasteiger partial charge in [-0.15, -0.1) is 0 Å². The summed E-state index contributed by atoms with van der Waals surface area (Å²) in [5.74, 6) is 2.36. The van der Waals surface area contributed by atoms with Crippen molar-refractivity contribution in [2.24, 2.45) is 4.99 Å². The monoisotopic (exact) mass is 389 g/mol.